The Morgan fingerprint density at radius 1 is 1.19 bits per heavy atom. The van der Waals surface area contributed by atoms with E-state index in [4.69, 9.17) is 0 Å². The van der Waals surface area contributed by atoms with Gasteiger partial charge in [-0.05, 0) is 50.5 Å². The predicted octanol–water partition coefficient (Wildman–Crippen LogP) is 4.10. The highest BCUT2D eigenvalue weighted by atomic mass is 19.1. The first-order chi connectivity index (χ1) is 17.0. The largest absolute Gasteiger partial charge is 0.481 e. The second-order valence-electron chi connectivity index (χ2n) is 9.16. The van der Waals surface area contributed by atoms with Gasteiger partial charge in [0.25, 0.3) is 5.56 Å². The molecule has 0 bridgehead atoms. The number of nitrogens with zero attached hydrogens (tertiary/aromatic N) is 3. The monoisotopic (exact) mass is 493 g/mol. The van der Waals surface area contributed by atoms with Crippen LogP contribution in [0.25, 0.3) is 11.4 Å². The molecule has 0 saturated heterocycles. The fraction of sp³-hybridized carbons (Fsp3) is 0.333. The molecule has 0 aliphatic rings. The lowest BCUT2D eigenvalue weighted by molar-refractivity contribution is -0.138. The number of carboxylic acid groups (broad SMARTS) is 1. The van der Waals surface area contributed by atoms with Crippen LogP contribution in [0.4, 0.5) is 4.39 Å². The molecule has 1 amide bonds. The first-order valence-corrected chi connectivity index (χ1v) is 11.6. The highest BCUT2D eigenvalue weighted by molar-refractivity contribution is 5.81. The molecule has 0 saturated carbocycles. The van der Waals surface area contributed by atoms with Gasteiger partial charge >= 0.3 is 5.97 Å². The number of hydrogen-bond acceptors (Lipinski definition) is 5. The number of benzene rings is 1. The summed E-state index contributed by atoms with van der Waals surface area (Å²) < 4.78 is 16.2. The number of carbonyl (C=O) groups excluding carboxylic acids is 1. The molecule has 2 aromatic heterocycles. The van der Waals surface area contributed by atoms with E-state index in [9.17, 15) is 23.9 Å². The molecule has 188 valence electrons. The lowest BCUT2D eigenvalue weighted by Gasteiger charge is -2.24. The standard InChI is InChI=1S/C27H29FN4O4/c1-15(2)11-21(32-10-9-16(3)12-22(32)33)27(36)30-20(13-23(34)35)25-19(28)14-29-26(31-25)24-17(4)7-6-8-18(24)5/h6-10,12,14-15,20-21H,1,11,13H2,2-5H3,(H-,30,34,35,36)/p+1/t15?,20-,21+/m1/s1. The van der Waals surface area contributed by atoms with Gasteiger partial charge < -0.3 is 15.0 Å². The quantitative estimate of drug-likeness (QED) is 0.434. The Morgan fingerprint density at radius 2 is 1.86 bits per heavy atom. The van der Waals surface area contributed by atoms with Crippen LogP contribution in [0.3, 0.4) is 0 Å². The Kier molecular flexibility index (Phi) is 8.24. The molecule has 9 heteroatoms. The van der Waals surface area contributed by atoms with Crippen molar-refractivity contribution in [3.05, 3.63) is 88.2 Å². The molecule has 0 spiro atoms. The van der Waals surface area contributed by atoms with Crippen molar-refractivity contribution >= 4 is 11.9 Å². The predicted molar refractivity (Wildman–Crippen MR) is 134 cm³/mol. The normalized spacial score (nSPS) is 13.6. The average molecular weight is 494 g/mol. The van der Waals surface area contributed by atoms with Crippen LogP contribution in [-0.4, -0.2) is 31.5 Å². The second kappa shape index (κ2) is 11.2. The number of carboxylic acids is 1. The lowest BCUT2D eigenvalue weighted by Crippen LogP contribution is -2.40. The Balaban J connectivity index is 2.04. The van der Waals surface area contributed by atoms with Gasteiger partial charge in [0.05, 0.1) is 31.5 Å². The van der Waals surface area contributed by atoms with Crippen molar-refractivity contribution in [2.24, 2.45) is 5.92 Å². The van der Waals surface area contributed by atoms with Crippen molar-refractivity contribution in [3.63, 3.8) is 0 Å². The van der Waals surface area contributed by atoms with Crippen molar-refractivity contribution in [3.8, 4) is 11.4 Å². The molecule has 3 atom stereocenters. The van der Waals surface area contributed by atoms with Gasteiger partial charge in [0, 0.05) is 24.2 Å². The van der Waals surface area contributed by atoms with Gasteiger partial charge in [0.2, 0.25) is 5.91 Å². The van der Waals surface area contributed by atoms with Crippen molar-refractivity contribution in [2.45, 2.75) is 52.6 Å². The molecule has 0 fully saturated rings. The number of halogens is 1. The number of carbonyl (C=O) groups is 2. The zero-order chi connectivity index (χ0) is 26.6. The molecule has 8 nitrogen and oxygen atoms in total. The van der Waals surface area contributed by atoms with Crippen molar-refractivity contribution < 1.29 is 19.1 Å². The van der Waals surface area contributed by atoms with Gasteiger partial charge in [-0.3, -0.25) is 14.4 Å². The first kappa shape index (κ1) is 26.6. The molecule has 0 radical (unpaired) electrons. The van der Waals surface area contributed by atoms with Crippen molar-refractivity contribution in [1.82, 2.24) is 19.9 Å². The molecule has 3 rings (SSSR count). The molecule has 1 aromatic carbocycles. The fourth-order valence-electron chi connectivity index (χ4n) is 4.15. The van der Waals surface area contributed by atoms with Crippen molar-refractivity contribution in [1.29, 1.82) is 0 Å². The number of amides is 1. The maximum Gasteiger partial charge on any atom is 0.305 e. The third-order valence-corrected chi connectivity index (χ3v) is 5.87. The number of pyridine rings is 1. The Hall–Kier alpha value is -4.01. The third kappa shape index (κ3) is 6.16. The molecule has 0 aliphatic heterocycles. The summed E-state index contributed by atoms with van der Waals surface area (Å²) in [6.45, 7) is 11.2. The van der Waals surface area contributed by atoms with E-state index in [2.05, 4.69) is 22.2 Å². The number of aromatic nitrogens is 3. The van der Waals surface area contributed by atoms with Gasteiger partial charge in [-0.25, -0.2) is 14.4 Å². The Morgan fingerprint density at radius 3 is 2.44 bits per heavy atom. The Bertz CT molecular complexity index is 1320. The minimum absolute atomic E-state index is 0.196. The molecular weight excluding hydrogens is 463 g/mol. The molecule has 1 unspecified atom stereocenters. The minimum Gasteiger partial charge on any atom is -0.481 e. The molecule has 3 aromatic rings. The second-order valence-corrected chi connectivity index (χ2v) is 9.16. The van der Waals surface area contributed by atoms with Crippen LogP contribution in [0, 0.1) is 39.4 Å². The van der Waals surface area contributed by atoms with E-state index in [0.29, 0.717) is 5.56 Å². The molecule has 36 heavy (non-hydrogen) atoms. The Labute approximate surface area is 209 Å². The summed E-state index contributed by atoms with van der Waals surface area (Å²) in [7, 11) is 0. The summed E-state index contributed by atoms with van der Waals surface area (Å²) in [6, 6.07) is 6.47. The van der Waals surface area contributed by atoms with Crippen LogP contribution in [0.2, 0.25) is 0 Å². The maximum atomic E-state index is 14.9. The summed E-state index contributed by atoms with van der Waals surface area (Å²) in [6.07, 6.45) is 2.10. The third-order valence-electron chi connectivity index (χ3n) is 5.87. The SMILES string of the molecule is [CH2+]C(C)C[C@@H](C(=O)N[C@H](CC(=O)O)c1nc(-c2c(C)cccc2C)ncc1F)n1ccc(C)cc1=O. The topological polar surface area (TPSA) is 114 Å². The van der Waals surface area contributed by atoms with Gasteiger partial charge in [-0.2, -0.15) is 0 Å². The van der Waals surface area contributed by atoms with E-state index in [1.165, 1.54) is 16.8 Å². The number of nitrogens with one attached hydrogen (secondary N) is 1. The molecular formula is C27H30FN4O4+. The van der Waals surface area contributed by atoms with Gasteiger partial charge in [0.15, 0.2) is 11.6 Å². The maximum absolute atomic E-state index is 14.9. The molecule has 2 heterocycles. The minimum atomic E-state index is -1.29. The van der Waals surface area contributed by atoms with Crippen LogP contribution in [0.15, 0.2) is 47.5 Å². The van der Waals surface area contributed by atoms with Gasteiger partial charge in [0.1, 0.15) is 11.7 Å². The van der Waals surface area contributed by atoms with Crippen LogP contribution >= 0.6 is 0 Å². The number of aliphatic carboxylic acids is 1. The van der Waals surface area contributed by atoms with Crippen molar-refractivity contribution in [2.75, 3.05) is 0 Å². The number of aryl methyl sites for hydroxylation is 3. The molecule has 0 aliphatic carbocycles. The van der Waals surface area contributed by atoms with E-state index in [1.807, 2.05) is 32.0 Å². The average Bonchev–Trinajstić information content (AvgIpc) is 2.78. The summed E-state index contributed by atoms with van der Waals surface area (Å²) in [4.78, 5) is 46.1. The fourth-order valence-corrected chi connectivity index (χ4v) is 4.15. The summed E-state index contributed by atoms with van der Waals surface area (Å²) in [5.74, 6) is -2.69. The summed E-state index contributed by atoms with van der Waals surface area (Å²) >= 11 is 0. The zero-order valence-corrected chi connectivity index (χ0v) is 20.8. The highest BCUT2D eigenvalue weighted by Gasteiger charge is 2.30. The van der Waals surface area contributed by atoms with E-state index < -0.39 is 36.2 Å². The summed E-state index contributed by atoms with van der Waals surface area (Å²) in [5, 5.41) is 12.1. The van der Waals surface area contributed by atoms with Crippen LogP contribution in [0.5, 0.6) is 0 Å². The van der Waals surface area contributed by atoms with Crippen LogP contribution in [0.1, 0.15) is 54.2 Å². The highest BCUT2D eigenvalue weighted by Crippen LogP contribution is 2.27. The van der Waals surface area contributed by atoms with Gasteiger partial charge in [-0.1, -0.05) is 18.2 Å². The van der Waals surface area contributed by atoms with E-state index in [0.717, 1.165) is 22.9 Å². The summed E-state index contributed by atoms with van der Waals surface area (Å²) in [5.41, 5.74) is 2.56. The van der Waals surface area contributed by atoms with E-state index in [-0.39, 0.29) is 29.4 Å². The van der Waals surface area contributed by atoms with E-state index in [1.54, 1.807) is 19.9 Å². The number of rotatable bonds is 9. The lowest BCUT2D eigenvalue weighted by atomic mass is 10.0. The van der Waals surface area contributed by atoms with Crippen LogP contribution in [-0.2, 0) is 9.59 Å². The number of hydrogen-bond donors (Lipinski definition) is 2. The smallest absolute Gasteiger partial charge is 0.305 e. The zero-order valence-electron chi connectivity index (χ0n) is 20.8. The van der Waals surface area contributed by atoms with E-state index >= 15 is 0 Å². The molecule has 2 N–H and O–H groups in total. The first-order valence-electron chi connectivity index (χ1n) is 11.6. The van der Waals surface area contributed by atoms with Crippen LogP contribution < -0.4 is 10.9 Å². The van der Waals surface area contributed by atoms with Gasteiger partial charge in [-0.15, -0.1) is 0 Å².